The first-order valence-corrected chi connectivity index (χ1v) is 12.4. The lowest BCUT2D eigenvalue weighted by atomic mass is 9.95. The van der Waals surface area contributed by atoms with Crippen LogP contribution in [-0.4, -0.2) is 47.6 Å². The molecular formula is C25H27F4N5OS. The van der Waals surface area contributed by atoms with Gasteiger partial charge in [-0.15, -0.1) is 11.8 Å². The standard InChI is InChI=1S/C25H27F4N5OS/c1-15-9-11-31-12-17(15)21-8-10-24(2,36-21)22(33-30)13-32-19-7-6-16-18(26)4-3-5-20(16)34(23(19)35)14-25(27,28)29/h3-5,8,11-13,15,19H,6-7,9-10,14,30H2,1-2H3. The van der Waals surface area contributed by atoms with Crippen molar-refractivity contribution in [2.24, 2.45) is 26.8 Å². The lowest BCUT2D eigenvalue weighted by Gasteiger charge is -2.26. The first kappa shape index (κ1) is 26.1. The van der Waals surface area contributed by atoms with Gasteiger partial charge in [-0.3, -0.25) is 14.8 Å². The second-order valence-corrected chi connectivity index (χ2v) is 10.8. The van der Waals surface area contributed by atoms with Crippen LogP contribution < -0.4 is 10.7 Å². The summed E-state index contributed by atoms with van der Waals surface area (Å²) >= 11 is 1.57. The molecule has 36 heavy (non-hydrogen) atoms. The predicted molar refractivity (Wildman–Crippen MR) is 136 cm³/mol. The molecule has 192 valence electrons. The summed E-state index contributed by atoms with van der Waals surface area (Å²) in [6.45, 7) is 2.55. The van der Waals surface area contributed by atoms with Crippen molar-refractivity contribution < 1.29 is 22.4 Å². The molecule has 0 aromatic heterocycles. The molecule has 3 aliphatic heterocycles. The number of allylic oxidation sites excluding steroid dienone is 2. The summed E-state index contributed by atoms with van der Waals surface area (Å²) in [4.78, 5) is 23.4. The number of thioether (sulfide) groups is 1. The van der Waals surface area contributed by atoms with Gasteiger partial charge in [0.05, 0.1) is 16.1 Å². The van der Waals surface area contributed by atoms with E-state index in [2.05, 4.69) is 28.1 Å². The third-order valence-corrected chi connectivity index (χ3v) is 8.05. The van der Waals surface area contributed by atoms with Crippen molar-refractivity contribution in [2.45, 2.75) is 56.5 Å². The summed E-state index contributed by atoms with van der Waals surface area (Å²) in [6, 6.07) is 2.67. The van der Waals surface area contributed by atoms with Gasteiger partial charge in [-0.25, -0.2) is 4.39 Å². The van der Waals surface area contributed by atoms with E-state index >= 15 is 0 Å². The Bertz CT molecular complexity index is 1190. The number of nitrogens with two attached hydrogens (primary N) is 1. The van der Waals surface area contributed by atoms with Gasteiger partial charge in [0.2, 0.25) is 0 Å². The Hall–Kier alpha value is -2.95. The van der Waals surface area contributed by atoms with Crippen molar-refractivity contribution in [2.75, 3.05) is 11.4 Å². The zero-order valence-electron chi connectivity index (χ0n) is 19.9. The molecule has 0 fully saturated rings. The van der Waals surface area contributed by atoms with E-state index in [-0.39, 0.29) is 24.1 Å². The SMILES string of the molecule is CC1CC=NC=C1C1=CCC(C)(C(C=NC2CCc3c(F)cccc3N(CC(F)(F)F)C2=O)=NN)S1. The van der Waals surface area contributed by atoms with Gasteiger partial charge in [0.1, 0.15) is 18.4 Å². The highest BCUT2D eigenvalue weighted by atomic mass is 32.2. The minimum Gasteiger partial charge on any atom is -0.323 e. The number of hydrogen-bond acceptors (Lipinski definition) is 6. The molecule has 2 N–H and O–H groups in total. The predicted octanol–water partition coefficient (Wildman–Crippen LogP) is 5.20. The van der Waals surface area contributed by atoms with Crippen molar-refractivity contribution in [1.29, 1.82) is 0 Å². The third-order valence-electron chi connectivity index (χ3n) is 6.60. The van der Waals surface area contributed by atoms with Gasteiger partial charge in [0.15, 0.2) is 0 Å². The zero-order valence-corrected chi connectivity index (χ0v) is 20.7. The Morgan fingerprint density at radius 3 is 2.86 bits per heavy atom. The number of rotatable bonds is 5. The lowest BCUT2D eigenvalue weighted by molar-refractivity contribution is -0.133. The molecule has 1 aromatic rings. The summed E-state index contributed by atoms with van der Waals surface area (Å²) < 4.78 is 53.8. The van der Waals surface area contributed by atoms with Crippen LogP contribution in [0.25, 0.3) is 0 Å². The van der Waals surface area contributed by atoms with E-state index in [1.165, 1.54) is 24.4 Å². The first-order valence-electron chi connectivity index (χ1n) is 11.6. The number of hydrogen-bond donors (Lipinski definition) is 1. The number of carbonyl (C=O) groups is 1. The minimum absolute atomic E-state index is 0.0608. The van der Waals surface area contributed by atoms with Crippen LogP contribution in [0.4, 0.5) is 23.2 Å². The molecule has 3 unspecified atom stereocenters. The highest BCUT2D eigenvalue weighted by Gasteiger charge is 2.40. The van der Waals surface area contributed by atoms with Crippen molar-refractivity contribution in [3.05, 3.63) is 52.3 Å². The fourth-order valence-corrected chi connectivity index (χ4v) is 5.96. The largest absolute Gasteiger partial charge is 0.406 e. The van der Waals surface area contributed by atoms with Crippen molar-refractivity contribution >= 4 is 41.5 Å². The Kier molecular flexibility index (Phi) is 7.40. The zero-order chi connectivity index (χ0) is 26.1. The topological polar surface area (TPSA) is 83.4 Å². The maximum absolute atomic E-state index is 14.4. The van der Waals surface area contributed by atoms with Crippen LogP contribution in [0, 0.1) is 11.7 Å². The van der Waals surface area contributed by atoms with Gasteiger partial charge in [0, 0.05) is 29.1 Å². The molecule has 0 bridgehead atoms. The van der Waals surface area contributed by atoms with Crippen molar-refractivity contribution in [3.8, 4) is 0 Å². The normalized spacial score (nSPS) is 27.2. The second-order valence-electron chi connectivity index (χ2n) is 9.28. The number of alkyl halides is 3. The summed E-state index contributed by atoms with van der Waals surface area (Å²) in [5, 5.41) is 3.90. The Morgan fingerprint density at radius 1 is 1.39 bits per heavy atom. The molecular weight excluding hydrogens is 494 g/mol. The number of aliphatic imine (C=N–C) groups is 2. The number of benzene rings is 1. The van der Waals surface area contributed by atoms with Crippen LogP contribution >= 0.6 is 11.8 Å². The van der Waals surface area contributed by atoms with Crippen LogP contribution in [0.15, 0.2) is 56.0 Å². The summed E-state index contributed by atoms with van der Waals surface area (Å²) in [7, 11) is 0. The van der Waals surface area contributed by atoms with Gasteiger partial charge >= 0.3 is 6.18 Å². The molecule has 0 saturated carbocycles. The quantitative estimate of drug-likeness (QED) is 0.250. The van der Waals surface area contributed by atoms with Crippen molar-refractivity contribution in [3.63, 3.8) is 0 Å². The minimum atomic E-state index is -4.66. The number of halogens is 4. The fraction of sp³-hybridized carbons (Fsp3) is 0.440. The highest BCUT2D eigenvalue weighted by molar-refractivity contribution is 8.05. The maximum Gasteiger partial charge on any atom is 0.406 e. The third kappa shape index (κ3) is 5.40. The van der Waals surface area contributed by atoms with E-state index in [0.29, 0.717) is 23.0 Å². The number of carbonyl (C=O) groups excluding carboxylic acids is 1. The van der Waals surface area contributed by atoms with E-state index in [0.717, 1.165) is 16.9 Å². The van der Waals surface area contributed by atoms with Gasteiger partial charge in [-0.2, -0.15) is 18.3 Å². The molecule has 11 heteroatoms. The van der Waals surface area contributed by atoms with Gasteiger partial charge in [-0.1, -0.05) is 19.1 Å². The van der Waals surface area contributed by atoms with Gasteiger partial charge in [0.25, 0.3) is 5.91 Å². The average Bonchev–Trinajstić information content (AvgIpc) is 3.16. The summed E-state index contributed by atoms with van der Waals surface area (Å²) in [6.07, 6.45) is 4.13. The van der Waals surface area contributed by atoms with Crippen molar-refractivity contribution in [1.82, 2.24) is 0 Å². The molecule has 1 aromatic carbocycles. The van der Waals surface area contributed by atoms with Crippen LogP contribution in [0.2, 0.25) is 0 Å². The number of nitrogens with zero attached hydrogens (tertiary/aromatic N) is 4. The lowest BCUT2D eigenvalue weighted by Crippen LogP contribution is -2.43. The Labute approximate surface area is 211 Å². The molecule has 0 aliphatic carbocycles. The molecule has 3 atom stereocenters. The monoisotopic (exact) mass is 521 g/mol. The number of amides is 1. The molecule has 6 nitrogen and oxygen atoms in total. The molecule has 4 rings (SSSR count). The van der Waals surface area contributed by atoms with Crippen LogP contribution in [-0.2, 0) is 11.2 Å². The average molecular weight is 522 g/mol. The van der Waals surface area contributed by atoms with Crippen LogP contribution in [0.5, 0.6) is 0 Å². The van der Waals surface area contributed by atoms with Crippen LogP contribution in [0.3, 0.4) is 0 Å². The Balaban J connectivity index is 1.56. The molecule has 0 spiro atoms. The molecule has 3 heterocycles. The fourth-order valence-electron chi connectivity index (χ4n) is 4.56. The van der Waals surface area contributed by atoms with Gasteiger partial charge in [-0.05, 0) is 56.2 Å². The van der Waals surface area contributed by atoms with E-state index in [1.54, 1.807) is 11.8 Å². The highest BCUT2D eigenvalue weighted by Crippen LogP contribution is 2.48. The molecule has 0 radical (unpaired) electrons. The molecule has 3 aliphatic rings. The van der Waals surface area contributed by atoms with Crippen LogP contribution in [0.1, 0.15) is 38.7 Å². The van der Waals surface area contributed by atoms with E-state index in [9.17, 15) is 22.4 Å². The second kappa shape index (κ2) is 10.2. The maximum atomic E-state index is 14.4. The van der Waals surface area contributed by atoms with E-state index in [4.69, 9.17) is 5.84 Å². The Morgan fingerprint density at radius 2 is 2.17 bits per heavy atom. The number of hydrazone groups is 1. The smallest absolute Gasteiger partial charge is 0.323 e. The van der Waals surface area contributed by atoms with E-state index < -0.39 is 35.2 Å². The first-order chi connectivity index (χ1) is 17.0. The summed E-state index contributed by atoms with van der Waals surface area (Å²) in [5.41, 5.74) is 1.54. The number of fused-ring (bicyclic) bond motifs is 1. The molecule has 0 saturated heterocycles. The van der Waals surface area contributed by atoms with Gasteiger partial charge < -0.3 is 10.7 Å². The molecule has 1 amide bonds. The number of anilines is 1. The summed E-state index contributed by atoms with van der Waals surface area (Å²) in [5.74, 6) is 4.53. The van der Waals surface area contributed by atoms with E-state index in [1.807, 2.05) is 19.3 Å².